The number of pyridine rings is 2. The van der Waals surface area contributed by atoms with Gasteiger partial charge in [0.15, 0.2) is 8.24 Å². The standard InChI is InChI=1S/C31H42BN5O4Si/c1-31(2,3)42(7,8)37-28(30(39)35(5)24-14-16-33-17-15-24)26(29(37)38)19-23-13-18-34-27(20-23)36(32(4)40)21-22-9-11-25(41-6)12-10-22/h9-18,20,26,28,40H,19,21H2,1-8H3/t26-,28+/m1/s1. The number of hydrogen-bond donors (Lipinski definition) is 1. The fourth-order valence-electron chi connectivity index (χ4n) is 5.24. The second kappa shape index (κ2) is 12.3. The van der Waals surface area contributed by atoms with Crippen molar-refractivity contribution in [1.82, 2.24) is 14.5 Å². The minimum Gasteiger partial charge on any atom is -0.497 e. The molecule has 4 rings (SSSR count). The summed E-state index contributed by atoms with van der Waals surface area (Å²) in [6, 6.07) is 14.5. The number of carbonyl (C=O) groups excluding carboxylic acids is 2. The van der Waals surface area contributed by atoms with Crippen LogP contribution in [0, 0.1) is 5.92 Å². The summed E-state index contributed by atoms with van der Waals surface area (Å²) in [4.78, 5) is 39.9. The minimum absolute atomic E-state index is 0.0204. The Morgan fingerprint density at radius 1 is 1.07 bits per heavy atom. The topological polar surface area (TPSA) is 99.1 Å². The molecule has 0 radical (unpaired) electrons. The van der Waals surface area contributed by atoms with Gasteiger partial charge >= 0.3 is 7.05 Å². The summed E-state index contributed by atoms with van der Waals surface area (Å²) >= 11 is 0. The molecule has 2 atom stereocenters. The van der Waals surface area contributed by atoms with Gasteiger partial charge in [0.1, 0.15) is 17.6 Å². The molecule has 42 heavy (non-hydrogen) atoms. The number of hydrogen-bond acceptors (Lipinski definition) is 7. The van der Waals surface area contributed by atoms with E-state index in [0.29, 0.717) is 18.8 Å². The number of aromatic nitrogens is 2. The third-order valence-electron chi connectivity index (χ3n) is 8.81. The number of methoxy groups -OCH3 is 1. The van der Waals surface area contributed by atoms with E-state index in [1.165, 1.54) is 0 Å². The number of benzene rings is 1. The quantitative estimate of drug-likeness (QED) is 0.273. The maximum Gasteiger partial charge on any atom is 0.410 e. The average Bonchev–Trinajstić information content (AvgIpc) is 2.96. The molecule has 1 saturated heterocycles. The van der Waals surface area contributed by atoms with Gasteiger partial charge in [0, 0.05) is 37.9 Å². The first-order valence-electron chi connectivity index (χ1n) is 14.3. The zero-order valence-corrected chi connectivity index (χ0v) is 26.9. The van der Waals surface area contributed by atoms with E-state index < -0.39 is 27.2 Å². The van der Waals surface area contributed by atoms with Gasteiger partial charge in [-0.2, -0.15) is 0 Å². The minimum atomic E-state index is -2.35. The molecule has 0 bridgehead atoms. The normalized spacial score (nSPS) is 17.0. The molecule has 1 aromatic carbocycles. The highest BCUT2D eigenvalue weighted by atomic mass is 28.3. The molecular formula is C31H42BN5O4Si. The lowest BCUT2D eigenvalue weighted by Gasteiger charge is -2.58. The molecule has 3 heterocycles. The first kappa shape index (κ1) is 31.2. The number of rotatable bonds is 10. The number of anilines is 2. The zero-order valence-electron chi connectivity index (χ0n) is 25.9. The van der Waals surface area contributed by atoms with Crippen molar-refractivity contribution in [3.8, 4) is 5.75 Å². The molecular weight excluding hydrogens is 545 g/mol. The third-order valence-corrected chi connectivity index (χ3v) is 14.2. The lowest BCUT2D eigenvalue weighted by Crippen LogP contribution is -2.76. The van der Waals surface area contributed by atoms with E-state index in [-0.39, 0.29) is 16.9 Å². The fourth-order valence-corrected chi connectivity index (χ4v) is 7.66. The van der Waals surface area contributed by atoms with E-state index in [9.17, 15) is 14.6 Å². The van der Waals surface area contributed by atoms with E-state index in [0.717, 1.165) is 22.6 Å². The van der Waals surface area contributed by atoms with Crippen molar-refractivity contribution in [2.75, 3.05) is 23.9 Å². The Labute approximate surface area is 250 Å². The molecule has 0 unspecified atom stereocenters. The van der Waals surface area contributed by atoms with E-state index in [1.807, 2.05) is 41.0 Å². The van der Waals surface area contributed by atoms with Crippen LogP contribution < -0.4 is 14.4 Å². The molecule has 1 N–H and O–H groups in total. The Kier molecular flexibility index (Phi) is 9.13. The van der Waals surface area contributed by atoms with Crippen LogP contribution in [0.15, 0.2) is 67.1 Å². The highest BCUT2D eigenvalue weighted by Gasteiger charge is 2.60. The van der Waals surface area contributed by atoms with Crippen molar-refractivity contribution in [2.24, 2.45) is 5.92 Å². The zero-order chi connectivity index (χ0) is 30.8. The second-order valence-electron chi connectivity index (χ2n) is 12.5. The van der Waals surface area contributed by atoms with Gasteiger partial charge in [-0.1, -0.05) is 46.0 Å². The van der Waals surface area contributed by atoms with Crippen LogP contribution in [0.5, 0.6) is 5.75 Å². The summed E-state index contributed by atoms with van der Waals surface area (Å²) < 4.78 is 7.17. The molecule has 2 aromatic heterocycles. The monoisotopic (exact) mass is 587 g/mol. The Morgan fingerprint density at radius 3 is 2.29 bits per heavy atom. The summed E-state index contributed by atoms with van der Waals surface area (Å²) in [5, 5.41) is 10.5. The molecule has 3 aromatic rings. The Hall–Kier alpha value is -3.70. The number of amides is 2. The summed E-state index contributed by atoms with van der Waals surface area (Å²) in [7, 11) is 0.238. The fraction of sp³-hybridized carbons (Fsp3) is 0.419. The van der Waals surface area contributed by atoms with Crippen molar-refractivity contribution in [3.05, 3.63) is 78.2 Å². The van der Waals surface area contributed by atoms with Gasteiger partial charge in [-0.3, -0.25) is 14.6 Å². The molecule has 0 saturated carbocycles. The number of β-lactam (4-membered cyclic amide) rings is 1. The summed E-state index contributed by atoms with van der Waals surface area (Å²) in [6.07, 6.45) is 5.41. The van der Waals surface area contributed by atoms with Crippen LogP contribution in [-0.2, 0) is 22.6 Å². The predicted molar refractivity (Wildman–Crippen MR) is 170 cm³/mol. The Balaban J connectivity index is 1.62. The first-order valence-corrected chi connectivity index (χ1v) is 17.2. The molecule has 0 aliphatic carbocycles. The van der Waals surface area contributed by atoms with Gasteiger partial charge in [-0.15, -0.1) is 0 Å². The number of likely N-dealkylation sites (N-methyl/N-ethyl adjacent to an activating group) is 1. The Bertz CT molecular complexity index is 1400. The number of carbonyl (C=O) groups is 2. The SMILES string of the molecule is COc1ccc(CN(B(C)O)c2cc(C[C@H]3C(=O)N([Si](C)(C)C(C)(C)C)[C@@H]3C(=O)N(C)c3ccncc3)ccn2)cc1. The molecule has 9 nitrogen and oxygen atoms in total. The Morgan fingerprint density at radius 2 is 1.71 bits per heavy atom. The number of ether oxygens (including phenoxy) is 1. The van der Waals surface area contributed by atoms with E-state index in [4.69, 9.17) is 4.74 Å². The van der Waals surface area contributed by atoms with Crippen molar-refractivity contribution in [2.45, 2.75) is 64.7 Å². The molecule has 0 spiro atoms. The van der Waals surface area contributed by atoms with Gasteiger partial charge in [-0.05, 0) is 65.8 Å². The van der Waals surface area contributed by atoms with Gasteiger partial charge in [0.2, 0.25) is 11.8 Å². The van der Waals surface area contributed by atoms with Crippen LogP contribution in [0.1, 0.15) is 31.9 Å². The van der Waals surface area contributed by atoms with Gasteiger partial charge < -0.3 is 24.0 Å². The summed E-state index contributed by atoms with van der Waals surface area (Å²) in [6.45, 7) is 12.9. The van der Waals surface area contributed by atoms with Crippen LogP contribution in [0.4, 0.5) is 11.5 Å². The van der Waals surface area contributed by atoms with E-state index in [1.54, 1.807) is 61.4 Å². The maximum atomic E-state index is 14.0. The second-order valence-corrected chi connectivity index (χ2v) is 17.6. The molecule has 222 valence electrons. The molecule has 1 aliphatic heterocycles. The predicted octanol–water partition coefficient (Wildman–Crippen LogP) is 4.64. The van der Waals surface area contributed by atoms with Gasteiger partial charge in [-0.25, -0.2) is 4.98 Å². The number of nitrogens with zero attached hydrogens (tertiary/aromatic N) is 5. The van der Waals surface area contributed by atoms with Crippen LogP contribution in [0.2, 0.25) is 25.0 Å². The summed E-state index contributed by atoms with van der Waals surface area (Å²) in [5.74, 6) is 0.788. The molecule has 1 fully saturated rings. The highest BCUT2D eigenvalue weighted by molar-refractivity contribution is 6.80. The van der Waals surface area contributed by atoms with Crippen LogP contribution in [-0.4, -0.2) is 66.9 Å². The molecule has 2 amide bonds. The molecule has 11 heteroatoms. The lowest BCUT2D eigenvalue weighted by molar-refractivity contribution is -0.154. The first-order chi connectivity index (χ1) is 19.8. The largest absolute Gasteiger partial charge is 0.497 e. The van der Waals surface area contributed by atoms with Crippen molar-refractivity contribution < 1.29 is 19.3 Å². The van der Waals surface area contributed by atoms with E-state index in [2.05, 4.69) is 43.8 Å². The van der Waals surface area contributed by atoms with Gasteiger partial charge in [0.25, 0.3) is 0 Å². The average molecular weight is 588 g/mol. The van der Waals surface area contributed by atoms with Gasteiger partial charge in [0.05, 0.1) is 13.0 Å². The smallest absolute Gasteiger partial charge is 0.410 e. The third kappa shape index (κ3) is 6.22. The van der Waals surface area contributed by atoms with Crippen molar-refractivity contribution in [3.63, 3.8) is 0 Å². The van der Waals surface area contributed by atoms with Crippen LogP contribution in [0.25, 0.3) is 0 Å². The summed E-state index contributed by atoms with van der Waals surface area (Å²) in [5.41, 5.74) is 2.62. The molecule has 1 aliphatic rings. The van der Waals surface area contributed by atoms with Crippen LogP contribution >= 0.6 is 0 Å². The van der Waals surface area contributed by atoms with Crippen LogP contribution in [0.3, 0.4) is 0 Å². The van der Waals surface area contributed by atoms with Crippen molar-refractivity contribution >= 4 is 38.6 Å². The van der Waals surface area contributed by atoms with E-state index >= 15 is 0 Å². The highest BCUT2D eigenvalue weighted by Crippen LogP contribution is 2.46. The maximum absolute atomic E-state index is 14.0. The van der Waals surface area contributed by atoms with Crippen molar-refractivity contribution in [1.29, 1.82) is 0 Å². The lowest BCUT2D eigenvalue weighted by atomic mass is 9.82.